The van der Waals surface area contributed by atoms with Crippen LogP contribution in [-0.4, -0.2) is 98.4 Å². The Hall–Kier alpha value is -3.47. The van der Waals surface area contributed by atoms with Crippen molar-refractivity contribution in [3.63, 3.8) is 0 Å². The highest BCUT2D eigenvalue weighted by atomic mass is 16.6. The van der Waals surface area contributed by atoms with Crippen LogP contribution in [0.25, 0.3) is 0 Å². The lowest BCUT2D eigenvalue weighted by Gasteiger charge is -2.58. The van der Waals surface area contributed by atoms with E-state index in [1.54, 1.807) is 11.0 Å². The van der Waals surface area contributed by atoms with Crippen LogP contribution in [0.3, 0.4) is 0 Å². The highest BCUT2D eigenvalue weighted by Crippen LogP contribution is 2.49. The van der Waals surface area contributed by atoms with Crippen LogP contribution in [0.1, 0.15) is 93.9 Å². The average Bonchev–Trinajstić information content (AvgIpc) is 2.94. The Bertz CT molecular complexity index is 1100. The van der Waals surface area contributed by atoms with E-state index in [0.717, 1.165) is 38.8 Å². The van der Waals surface area contributed by atoms with Crippen LogP contribution in [0.4, 0.5) is 4.79 Å². The predicted octanol–water partition coefficient (Wildman–Crippen LogP) is 4.27. The smallest absolute Gasteiger partial charge is 0.410 e. The fourth-order valence-corrected chi connectivity index (χ4v) is 5.29. The van der Waals surface area contributed by atoms with E-state index in [1.807, 2.05) is 34.6 Å². The molecule has 1 unspecified atom stereocenters. The number of hydrogen-bond acceptors (Lipinski definition) is 8. The first kappa shape index (κ1) is 35.7. The van der Waals surface area contributed by atoms with Gasteiger partial charge in [0.1, 0.15) is 23.7 Å². The molecule has 43 heavy (non-hydrogen) atoms. The molecule has 1 aromatic rings. The predicted molar refractivity (Wildman–Crippen MR) is 162 cm³/mol. The molecule has 0 bridgehead atoms. The van der Waals surface area contributed by atoms with Crippen LogP contribution in [-0.2, 0) is 19.1 Å². The summed E-state index contributed by atoms with van der Waals surface area (Å²) in [5.74, 6) is -0.409. The maximum atomic E-state index is 13.1. The molecule has 0 aromatic heterocycles. The third-order valence-corrected chi connectivity index (χ3v) is 7.46. The van der Waals surface area contributed by atoms with E-state index in [-0.39, 0.29) is 47.5 Å². The molecule has 1 heterocycles. The number of rotatable bonds is 14. The summed E-state index contributed by atoms with van der Waals surface area (Å²) in [6, 6.07) is 3.82. The minimum absolute atomic E-state index is 0.129. The van der Waals surface area contributed by atoms with Crippen molar-refractivity contribution in [1.29, 1.82) is 0 Å². The molecule has 1 aromatic carbocycles. The molecule has 240 valence electrons. The van der Waals surface area contributed by atoms with E-state index in [1.165, 1.54) is 31.1 Å². The number of carbonyl (C=O) groups is 5. The number of hydrogen-bond donors (Lipinski definition) is 1. The number of unbranched alkanes of at least 4 members (excludes halogenated alkanes) is 1. The SMILES string of the molecule is CC.CNC(=O)C(CCC=O)N(C)C(=O)c1ccc(OCCCCOC2CC3(C2)CN(C(=O)OC(C)(C)C)C3)cc1C=O. The summed E-state index contributed by atoms with van der Waals surface area (Å²) in [5.41, 5.74) is 0.0150. The Kier molecular flexibility index (Phi) is 13.6. The number of likely N-dealkylation sites (tertiary alicyclic amines) is 1. The van der Waals surface area contributed by atoms with Gasteiger partial charge in [-0.3, -0.25) is 14.4 Å². The van der Waals surface area contributed by atoms with E-state index in [9.17, 15) is 24.0 Å². The highest BCUT2D eigenvalue weighted by molar-refractivity contribution is 6.03. The van der Waals surface area contributed by atoms with E-state index in [0.29, 0.717) is 31.5 Å². The van der Waals surface area contributed by atoms with Gasteiger partial charge in [-0.2, -0.15) is 0 Å². The zero-order valence-corrected chi connectivity index (χ0v) is 26.8. The fraction of sp³-hybridized carbons (Fsp3) is 0.656. The van der Waals surface area contributed by atoms with E-state index in [4.69, 9.17) is 14.2 Å². The van der Waals surface area contributed by atoms with Crippen molar-refractivity contribution in [2.24, 2.45) is 5.41 Å². The van der Waals surface area contributed by atoms with E-state index >= 15 is 0 Å². The van der Waals surface area contributed by atoms with Crippen LogP contribution in [0.15, 0.2) is 18.2 Å². The Morgan fingerprint density at radius 2 is 1.77 bits per heavy atom. The van der Waals surface area contributed by atoms with Crippen molar-refractivity contribution < 1.29 is 38.2 Å². The molecule has 0 radical (unpaired) electrons. The van der Waals surface area contributed by atoms with Crippen LogP contribution >= 0.6 is 0 Å². The molecule has 1 spiro atoms. The number of nitrogens with one attached hydrogen (secondary N) is 1. The maximum absolute atomic E-state index is 13.1. The number of carbonyl (C=O) groups excluding carboxylic acids is 5. The summed E-state index contributed by atoms with van der Waals surface area (Å²) < 4.78 is 17.2. The average molecular weight is 604 g/mol. The molecule has 11 heteroatoms. The first-order valence-electron chi connectivity index (χ1n) is 15.2. The van der Waals surface area contributed by atoms with Gasteiger partial charge in [0, 0.05) is 51.2 Å². The number of ether oxygens (including phenoxy) is 3. The summed E-state index contributed by atoms with van der Waals surface area (Å²) in [6.45, 7) is 12.1. The molecule has 1 saturated heterocycles. The van der Waals surface area contributed by atoms with Crippen molar-refractivity contribution in [3.05, 3.63) is 29.3 Å². The second-order valence-corrected chi connectivity index (χ2v) is 12.0. The third-order valence-electron chi connectivity index (χ3n) is 7.46. The lowest BCUT2D eigenvalue weighted by Crippen LogP contribution is -2.65. The number of nitrogens with zero attached hydrogens (tertiary/aromatic N) is 2. The normalized spacial score (nSPS) is 16.0. The zero-order chi connectivity index (χ0) is 32.2. The van der Waals surface area contributed by atoms with Crippen molar-refractivity contribution in [3.8, 4) is 5.75 Å². The second-order valence-electron chi connectivity index (χ2n) is 12.0. The summed E-state index contributed by atoms with van der Waals surface area (Å²) in [4.78, 5) is 63.0. The molecular weight excluding hydrogens is 554 g/mol. The van der Waals surface area contributed by atoms with Gasteiger partial charge in [0.2, 0.25) is 5.91 Å². The zero-order valence-electron chi connectivity index (χ0n) is 26.8. The summed E-state index contributed by atoms with van der Waals surface area (Å²) >= 11 is 0. The van der Waals surface area contributed by atoms with Gasteiger partial charge in [0.25, 0.3) is 5.91 Å². The number of aldehydes is 2. The highest BCUT2D eigenvalue weighted by Gasteiger charge is 2.54. The molecule has 2 aliphatic rings. The second kappa shape index (κ2) is 16.4. The topological polar surface area (TPSA) is 132 Å². The van der Waals surface area contributed by atoms with Crippen LogP contribution in [0.2, 0.25) is 0 Å². The van der Waals surface area contributed by atoms with Crippen LogP contribution in [0.5, 0.6) is 5.75 Å². The standard InChI is InChI=1S/C30H43N3O8.C2H6/c1-29(2,3)41-28(38)33-19-30(20-33)16-23(17-30)40-14-7-6-13-39-22-10-11-24(21(15-22)18-35)27(37)32(5)25(9-8-12-34)26(36)31-4;1-2/h10-12,15,18,23,25H,6-9,13-14,16-17,19-20H2,1-5H3,(H,31,36);1-2H3. The lowest BCUT2D eigenvalue weighted by atomic mass is 9.62. The van der Waals surface area contributed by atoms with Crippen molar-refractivity contribution in [1.82, 2.24) is 15.1 Å². The van der Waals surface area contributed by atoms with Gasteiger partial charge in [0.05, 0.1) is 18.3 Å². The van der Waals surface area contributed by atoms with Gasteiger partial charge >= 0.3 is 6.09 Å². The van der Waals surface area contributed by atoms with E-state index in [2.05, 4.69) is 5.32 Å². The van der Waals surface area contributed by atoms with Gasteiger partial charge in [-0.25, -0.2) is 4.79 Å². The largest absolute Gasteiger partial charge is 0.494 e. The molecule has 3 amide bonds. The Morgan fingerprint density at radius 3 is 2.35 bits per heavy atom. The lowest BCUT2D eigenvalue weighted by molar-refractivity contribution is -0.147. The number of benzene rings is 1. The molecule has 2 fully saturated rings. The summed E-state index contributed by atoms with van der Waals surface area (Å²) in [7, 11) is 2.94. The molecule has 1 aliphatic heterocycles. The Labute approximate surface area is 255 Å². The molecule has 1 saturated carbocycles. The van der Waals surface area contributed by atoms with Crippen molar-refractivity contribution in [2.75, 3.05) is 40.4 Å². The van der Waals surface area contributed by atoms with Crippen molar-refractivity contribution >= 4 is 30.5 Å². The molecular formula is C32H49N3O8. The minimum atomic E-state index is -0.832. The number of amides is 3. The third kappa shape index (κ3) is 10.0. The monoisotopic (exact) mass is 603 g/mol. The van der Waals surface area contributed by atoms with Gasteiger partial charge < -0.3 is 34.1 Å². The van der Waals surface area contributed by atoms with Gasteiger partial charge in [-0.1, -0.05) is 13.8 Å². The molecule has 1 aliphatic carbocycles. The summed E-state index contributed by atoms with van der Waals surface area (Å²) in [5, 5.41) is 2.51. The molecule has 3 rings (SSSR count). The quantitative estimate of drug-likeness (QED) is 0.246. The number of likely N-dealkylation sites (N-methyl/N-ethyl adjacent to an activating group) is 2. The molecule has 11 nitrogen and oxygen atoms in total. The van der Waals surface area contributed by atoms with Crippen LogP contribution in [0, 0.1) is 5.41 Å². The fourth-order valence-electron chi connectivity index (χ4n) is 5.29. The Balaban J connectivity index is 0.00000316. The van der Waals surface area contributed by atoms with E-state index < -0.39 is 17.6 Å². The van der Waals surface area contributed by atoms with Crippen LogP contribution < -0.4 is 10.1 Å². The van der Waals surface area contributed by atoms with Gasteiger partial charge in [0.15, 0.2) is 6.29 Å². The first-order valence-corrected chi connectivity index (χ1v) is 15.2. The minimum Gasteiger partial charge on any atom is -0.494 e. The molecule has 1 atom stereocenters. The van der Waals surface area contributed by atoms with Crippen molar-refractivity contribution in [2.45, 2.75) is 90.9 Å². The maximum Gasteiger partial charge on any atom is 0.410 e. The van der Waals surface area contributed by atoms with Gasteiger partial charge in [-0.05, 0) is 71.1 Å². The summed E-state index contributed by atoms with van der Waals surface area (Å²) in [6.07, 6.45) is 5.05. The first-order chi connectivity index (χ1) is 20.4. The van der Waals surface area contributed by atoms with Gasteiger partial charge in [-0.15, -0.1) is 0 Å². The molecule has 1 N–H and O–H groups in total. The Morgan fingerprint density at radius 1 is 1.12 bits per heavy atom.